The van der Waals surface area contributed by atoms with Crippen molar-refractivity contribution in [3.63, 3.8) is 0 Å². The first kappa shape index (κ1) is 21.4. The molecule has 4 aromatic rings. The van der Waals surface area contributed by atoms with Crippen LogP contribution in [0.1, 0.15) is 18.5 Å². The summed E-state index contributed by atoms with van der Waals surface area (Å²) in [7, 11) is 1.47. The van der Waals surface area contributed by atoms with Gasteiger partial charge in [-0.3, -0.25) is 4.90 Å². The number of urea groups is 1. The highest BCUT2D eigenvalue weighted by Crippen LogP contribution is 2.42. The van der Waals surface area contributed by atoms with E-state index in [9.17, 15) is 4.79 Å². The number of nitrogens with zero attached hydrogens (tertiary/aromatic N) is 4. The number of carbonyl (C=O) groups is 1. The van der Waals surface area contributed by atoms with Crippen LogP contribution in [0.15, 0.2) is 85.1 Å². The largest absolute Gasteiger partial charge is 0.497 e. The number of ether oxygens (including phenoxy) is 1. The van der Waals surface area contributed by atoms with Gasteiger partial charge >= 0.3 is 6.03 Å². The number of para-hydroxylation sites is 2. The van der Waals surface area contributed by atoms with Crippen molar-refractivity contribution >= 4 is 34.9 Å². The molecule has 1 aliphatic heterocycles. The van der Waals surface area contributed by atoms with Gasteiger partial charge in [-0.25, -0.2) is 19.1 Å². The van der Waals surface area contributed by atoms with Crippen molar-refractivity contribution in [2.75, 3.05) is 22.2 Å². The van der Waals surface area contributed by atoms with E-state index in [1.54, 1.807) is 18.3 Å². The van der Waals surface area contributed by atoms with Crippen molar-refractivity contribution in [3.8, 4) is 5.75 Å². The van der Waals surface area contributed by atoms with Gasteiger partial charge in [0.2, 0.25) is 5.95 Å². The number of nitrogens with one attached hydrogen (secondary N) is 1. The third-order valence-corrected chi connectivity index (χ3v) is 5.70. The predicted molar refractivity (Wildman–Crippen MR) is 130 cm³/mol. The van der Waals surface area contributed by atoms with Crippen LogP contribution in [0.25, 0.3) is 0 Å². The summed E-state index contributed by atoms with van der Waals surface area (Å²) in [5.74, 6) is 0.621. The molecule has 0 saturated carbocycles. The van der Waals surface area contributed by atoms with Crippen LogP contribution >= 0.6 is 0 Å². The molecule has 1 aromatic heterocycles. The second kappa shape index (κ2) is 8.82. The Morgan fingerprint density at radius 1 is 1.00 bits per heavy atom. The number of amides is 2. The summed E-state index contributed by atoms with van der Waals surface area (Å²) >= 11 is 0. The molecule has 0 spiro atoms. The van der Waals surface area contributed by atoms with Crippen molar-refractivity contribution in [2.24, 2.45) is 0 Å². The van der Waals surface area contributed by atoms with E-state index >= 15 is 4.39 Å². The van der Waals surface area contributed by atoms with E-state index in [0.29, 0.717) is 28.8 Å². The van der Waals surface area contributed by atoms with E-state index in [4.69, 9.17) is 4.74 Å². The van der Waals surface area contributed by atoms with Crippen LogP contribution < -0.4 is 19.9 Å². The molecule has 3 aromatic carbocycles. The topological polar surface area (TPSA) is 70.6 Å². The Labute approximate surface area is 196 Å². The van der Waals surface area contributed by atoms with Gasteiger partial charge in [-0.2, -0.15) is 4.98 Å². The molecule has 8 heteroatoms. The van der Waals surface area contributed by atoms with Gasteiger partial charge in [0.1, 0.15) is 5.75 Å². The second-order valence-corrected chi connectivity index (χ2v) is 7.78. The fraction of sp³-hybridized carbons (Fsp3) is 0.115. The van der Waals surface area contributed by atoms with Gasteiger partial charge in [-0.15, -0.1) is 0 Å². The van der Waals surface area contributed by atoms with Gasteiger partial charge < -0.3 is 10.1 Å². The quantitative estimate of drug-likeness (QED) is 0.388. The maximum Gasteiger partial charge on any atom is 0.335 e. The van der Waals surface area contributed by atoms with Gasteiger partial charge in [-0.05, 0) is 43.3 Å². The van der Waals surface area contributed by atoms with Crippen molar-refractivity contribution in [1.29, 1.82) is 0 Å². The molecule has 0 saturated heterocycles. The van der Waals surface area contributed by atoms with Crippen LogP contribution in [0, 0.1) is 5.82 Å². The van der Waals surface area contributed by atoms with E-state index in [-0.39, 0.29) is 5.69 Å². The number of methoxy groups -OCH3 is 1. The standard InChI is InChI=1S/C26H22FN5O2/c1-17-21-16-28-25(29-18-9-5-3-6-10-18)30-24(21)32(19-11-7-4-8-12-19)26(33)31(17)23-14-13-20(34-2)15-22(23)27/h3-17H,1-2H3,(H,28,29,30). The van der Waals surface area contributed by atoms with Crippen molar-refractivity contribution in [1.82, 2.24) is 9.97 Å². The summed E-state index contributed by atoms with van der Waals surface area (Å²) in [5.41, 5.74) is 2.28. The molecule has 0 aliphatic carbocycles. The third kappa shape index (κ3) is 3.79. The molecular weight excluding hydrogens is 433 g/mol. The van der Waals surface area contributed by atoms with Crippen LogP contribution in [-0.2, 0) is 0 Å². The molecule has 5 rings (SSSR count). The smallest absolute Gasteiger partial charge is 0.335 e. The number of fused-ring (bicyclic) bond motifs is 1. The lowest BCUT2D eigenvalue weighted by Crippen LogP contribution is -2.47. The molecule has 0 radical (unpaired) electrons. The Kier molecular flexibility index (Phi) is 5.55. The first-order valence-electron chi connectivity index (χ1n) is 10.8. The number of hydrogen-bond acceptors (Lipinski definition) is 5. The first-order chi connectivity index (χ1) is 16.6. The number of carbonyl (C=O) groups excluding carboxylic acids is 1. The van der Waals surface area contributed by atoms with Gasteiger partial charge in [0.05, 0.1) is 24.5 Å². The average Bonchev–Trinajstić information content (AvgIpc) is 2.86. The zero-order chi connectivity index (χ0) is 23.7. The van der Waals surface area contributed by atoms with Crippen LogP contribution in [-0.4, -0.2) is 23.1 Å². The highest BCUT2D eigenvalue weighted by Gasteiger charge is 2.40. The van der Waals surface area contributed by atoms with E-state index in [1.807, 2.05) is 67.6 Å². The Morgan fingerprint density at radius 3 is 2.38 bits per heavy atom. The molecule has 7 nitrogen and oxygen atoms in total. The molecule has 170 valence electrons. The minimum absolute atomic E-state index is 0.149. The predicted octanol–water partition coefficient (Wildman–Crippen LogP) is 6.21. The van der Waals surface area contributed by atoms with Gasteiger partial charge in [0, 0.05) is 23.5 Å². The van der Waals surface area contributed by atoms with Gasteiger partial charge in [-0.1, -0.05) is 36.4 Å². The molecule has 2 heterocycles. The summed E-state index contributed by atoms with van der Waals surface area (Å²) in [6.45, 7) is 1.83. The zero-order valence-electron chi connectivity index (χ0n) is 18.6. The molecule has 1 N–H and O–H groups in total. The summed E-state index contributed by atoms with van der Waals surface area (Å²) in [6.07, 6.45) is 1.68. The monoisotopic (exact) mass is 455 g/mol. The molecule has 0 bridgehead atoms. The maximum absolute atomic E-state index is 15.0. The van der Waals surface area contributed by atoms with E-state index in [1.165, 1.54) is 23.0 Å². The average molecular weight is 455 g/mol. The third-order valence-electron chi connectivity index (χ3n) is 5.70. The number of anilines is 5. The fourth-order valence-corrected chi connectivity index (χ4v) is 4.00. The lowest BCUT2D eigenvalue weighted by molar-refractivity contribution is 0.250. The van der Waals surface area contributed by atoms with E-state index < -0.39 is 17.9 Å². The van der Waals surface area contributed by atoms with Crippen molar-refractivity contribution in [3.05, 3.63) is 96.4 Å². The number of rotatable bonds is 5. The lowest BCUT2D eigenvalue weighted by atomic mass is 10.0. The van der Waals surface area contributed by atoms with Crippen LogP contribution in [0.5, 0.6) is 5.75 Å². The molecule has 0 fully saturated rings. The molecule has 34 heavy (non-hydrogen) atoms. The minimum atomic E-state index is -0.556. The second-order valence-electron chi connectivity index (χ2n) is 7.78. The fourth-order valence-electron chi connectivity index (χ4n) is 4.00. The minimum Gasteiger partial charge on any atom is -0.497 e. The Morgan fingerprint density at radius 2 is 1.71 bits per heavy atom. The highest BCUT2D eigenvalue weighted by molar-refractivity contribution is 6.11. The molecular formula is C26H22FN5O2. The Bertz CT molecular complexity index is 1330. The van der Waals surface area contributed by atoms with E-state index in [2.05, 4.69) is 15.3 Å². The van der Waals surface area contributed by atoms with Crippen LogP contribution in [0.4, 0.5) is 38.0 Å². The molecule has 1 atom stereocenters. The summed E-state index contributed by atoms with van der Waals surface area (Å²) in [4.78, 5) is 25.9. The maximum atomic E-state index is 15.0. The lowest BCUT2D eigenvalue weighted by Gasteiger charge is -2.40. The number of hydrogen-bond donors (Lipinski definition) is 1. The first-order valence-corrected chi connectivity index (χ1v) is 10.8. The van der Waals surface area contributed by atoms with Gasteiger partial charge in [0.15, 0.2) is 11.6 Å². The van der Waals surface area contributed by atoms with E-state index in [0.717, 1.165) is 5.69 Å². The normalized spacial score (nSPS) is 15.1. The zero-order valence-corrected chi connectivity index (χ0v) is 18.6. The van der Waals surface area contributed by atoms with Crippen LogP contribution in [0.3, 0.4) is 0 Å². The highest BCUT2D eigenvalue weighted by atomic mass is 19.1. The SMILES string of the molecule is COc1ccc(N2C(=O)N(c3ccccc3)c3nc(Nc4ccccc4)ncc3C2C)c(F)c1. The van der Waals surface area contributed by atoms with Crippen LogP contribution in [0.2, 0.25) is 0 Å². The number of aromatic nitrogens is 2. The van der Waals surface area contributed by atoms with Crippen molar-refractivity contribution in [2.45, 2.75) is 13.0 Å². The molecule has 1 unspecified atom stereocenters. The number of benzene rings is 3. The van der Waals surface area contributed by atoms with Crippen molar-refractivity contribution < 1.29 is 13.9 Å². The Balaban J connectivity index is 1.63. The summed E-state index contributed by atoms with van der Waals surface area (Å²) in [5, 5.41) is 3.17. The Hall–Kier alpha value is -4.46. The summed E-state index contributed by atoms with van der Waals surface area (Å²) in [6, 6.07) is 22.2. The number of halogens is 1. The molecule has 1 aliphatic rings. The van der Waals surface area contributed by atoms with Gasteiger partial charge in [0.25, 0.3) is 0 Å². The summed E-state index contributed by atoms with van der Waals surface area (Å²) < 4.78 is 20.2. The molecule has 2 amide bonds.